The fraction of sp³-hybridized carbons (Fsp3) is 0.938. The molecule has 0 aliphatic rings. The Morgan fingerprint density at radius 1 is 0.684 bits per heavy atom. The van der Waals surface area contributed by atoms with Crippen LogP contribution in [0.3, 0.4) is 0 Å². The summed E-state index contributed by atoms with van der Waals surface area (Å²) in [5, 5.41) is 10.2. The Morgan fingerprint density at radius 3 is 1.32 bits per heavy atom. The van der Waals surface area contributed by atoms with Crippen molar-refractivity contribution in [2.45, 2.75) is 96.8 Å². The van der Waals surface area contributed by atoms with Gasteiger partial charge < -0.3 is 9.90 Å². The number of aliphatic carboxylic acids is 1. The molecule has 0 aromatic rings. The topological polar surface area (TPSA) is 40.1 Å². The molecule has 0 atom stereocenters. The first-order valence-electron chi connectivity index (χ1n) is 7.97. The summed E-state index contributed by atoms with van der Waals surface area (Å²) in [5.41, 5.74) is 0. The predicted octanol–water partition coefficient (Wildman–Crippen LogP) is 1.22. The van der Waals surface area contributed by atoms with Gasteiger partial charge in [-0.2, -0.15) is 0 Å². The van der Waals surface area contributed by atoms with Crippen LogP contribution in [0.25, 0.3) is 0 Å². The van der Waals surface area contributed by atoms with Gasteiger partial charge in [0.05, 0.1) is 0 Å². The second-order valence-electron chi connectivity index (χ2n) is 5.36. The third kappa shape index (κ3) is 21.6. The van der Waals surface area contributed by atoms with Gasteiger partial charge in [0, 0.05) is 5.97 Å². The second kappa shape index (κ2) is 19.1. The van der Waals surface area contributed by atoms with Crippen LogP contribution < -0.4 is 56.5 Å². The van der Waals surface area contributed by atoms with Gasteiger partial charge in [-0.1, -0.05) is 84.0 Å². The number of carbonyl (C=O) groups is 1. The maximum Gasteiger partial charge on any atom is 1.00 e. The minimum Gasteiger partial charge on any atom is -0.550 e. The van der Waals surface area contributed by atoms with Crippen molar-refractivity contribution in [2.75, 3.05) is 0 Å². The van der Waals surface area contributed by atoms with Gasteiger partial charge in [0.25, 0.3) is 0 Å². The Bertz CT molecular complexity index is 184. The number of rotatable bonds is 14. The Hall–Kier alpha value is 1.11. The Morgan fingerprint density at radius 2 is 1.00 bits per heavy atom. The third-order valence-electron chi connectivity index (χ3n) is 3.48. The largest absolute Gasteiger partial charge is 1.00 e. The molecule has 0 aliphatic heterocycles. The smallest absolute Gasteiger partial charge is 0.550 e. The zero-order valence-electron chi connectivity index (χ0n) is 13.2. The van der Waals surface area contributed by atoms with E-state index >= 15 is 0 Å². The fourth-order valence-corrected chi connectivity index (χ4v) is 2.29. The maximum atomic E-state index is 10.2. The molecular weight excluding hydrogens is 264 g/mol. The van der Waals surface area contributed by atoms with Crippen molar-refractivity contribution in [3.63, 3.8) is 0 Å². The van der Waals surface area contributed by atoms with Crippen LogP contribution in [0.4, 0.5) is 0 Å². The maximum absolute atomic E-state index is 10.2. The summed E-state index contributed by atoms with van der Waals surface area (Å²) in [7, 11) is 0. The molecule has 2 nitrogen and oxygen atoms in total. The van der Waals surface area contributed by atoms with E-state index in [-0.39, 0.29) is 57.8 Å². The summed E-state index contributed by atoms with van der Waals surface area (Å²) < 4.78 is 0. The Kier molecular flexibility index (Phi) is 22.5. The van der Waals surface area contributed by atoms with Gasteiger partial charge in [-0.3, -0.25) is 0 Å². The summed E-state index contributed by atoms with van der Waals surface area (Å²) in [6.45, 7) is 2.26. The van der Waals surface area contributed by atoms with E-state index in [1.165, 1.54) is 70.6 Å². The third-order valence-corrected chi connectivity index (χ3v) is 3.48. The Balaban J connectivity index is 0. The normalized spacial score (nSPS) is 10.2. The molecule has 0 saturated heterocycles. The number of carbonyl (C=O) groups excluding carboxylic acids is 1. The molecule has 0 unspecified atom stereocenters. The molecule has 0 heterocycles. The van der Waals surface area contributed by atoms with Gasteiger partial charge in [0.15, 0.2) is 0 Å². The summed E-state index contributed by atoms with van der Waals surface area (Å²) >= 11 is 0. The van der Waals surface area contributed by atoms with E-state index in [2.05, 4.69) is 6.92 Å². The predicted molar refractivity (Wildman–Crippen MR) is 75.3 cm³/mol. The molecule has 0 fully saturated rings. The molecule has 0 aromatic carbocycles. The van der Waals surface area contributed by atoms with E-state index in [0.717, 1.165) is 12.8 Å². The molecular formula is C16H31KO2. The number of unbranched alkanes of at least 4 members (excludes halogenated alkanes) is 12. The van der Waals surface area contributed by atoms with E-state index in [0.29, 0.717) is 0 Å². The van der Waals surface area contributed by atoms with Crippen molar-refractivity contribution in [1.29, 1.82) is 0 Å². The fourth-order valence-electron chi connectivity index (χ4n) is 2.29. The molecule has 0 amide bonds. The zero-order valence-corrected chi connectivity index (χ0v) is 16.3. The molecule has 3 heteroatoms. The minimum atomic E-state index is -0.905. The molecule has 0 spiro atoms. The van der Waals surface area contributed by atoms with Crippen molar-refractivity contribution in [3.8, 4) is 0 Å². The zero-order chi connectivity index (χ0) is 13.5. The van der Waals surface area contributed by atoms with Crippen LogP contribution in [-0.2, 0) is 4.79 Å². The monoisotopic (exact) mass is 295 g/mol. The average molecular weight is 296 g/mol. The summed E-state index contributed by atoms with van der Waals surface area (Å²) in [5.74, 6) is -0.905. The van der Waals surface area contributed by atoms with E-state index in [1.807, 2.05) is 0 Å². The van der Waals surface area contributed by atoms with E-state index < -0.39 is 5.97 Å². The van der Waals surface area contributed by atoms with Crippen LogP contribution >= 0.6 is 0 Å². The minimum absolute atomic E-state index is 0. The summed E-state index contributed by atoms with van der Waals surface area (Å²) in [6.07, 6.45) is 16.9. The number of hydrogen-bond donors (Lipinski definition) is 0. The molecule has 0 aliphatic carbocycles. The van der Waals surface area contributed by atoms with E-state index in [4.69, 9.17) is 0 Å². The molecule has 0 saturated carbocycles. The van der Waals surface area contributed by atoms with Crippen molar-refractivity contribution >= 4 is 5.97 Å². The number of carboxylic acids is 1. The van der Waals surface area contributed by atoms with E-state index in [1.54, 1.807) is 0 Å². The molecule has 0 radical (unpaired) electrons. The van der Waals surface area contributed by atoms with Crippen molar-refractivity contribution in [2.24, 2.45) is 0 Å². The molecule has 0 rings (SSSR count). The van der Waals surface area contributed by atoms with Gasteiger partial charge in [-0.05, 0) is 12.8 Å². The first kappa shape index (κ1) is 22.4. The van der Waals surface area contributed by atoms with Crippen LogP contribution in [0.1, 0.15) is 96.8 Å². The van der Waals surface area contributed by atoms with Crippen molar-refractivity contribution in [3.05, 3.63) is 0 Å². The van der Waals surface area contributed by atoms with Crippen molar-refractivity contribution < 1.29 is 61.3 Å². The molecule has 0 bridgehead atoms. The van der Waals surface area contributed by atoms with Crippen molar-refractivity contribution in [1.82, 2.24) is 0 Å². The van der Waals surface area contributed by atoms with Crippen LogP contribution in [0.2, 0.25) is 0 Å². The quantitative estimate of drug-likeness (QED) is 0.275. The average Bonchev–Trinajstić information content (AvgIpc) is 2.34. The number of carboxylic acid groups (broad SMARTS) is 1. The van der Waals surface area contributed by atoms with E-state index in [9.17, 15) is 9.90 Å². The van der Waals surface area contributed by atoms with Gasteiger partial charge in [0.2, 0.25) is 0 Å². The first-order chi connectivity index (χ1) is 8.77. The molecule has 0 aromatic heterocycles. The van der Waals surface area contributed by atoms with Gasteiger partial charge in [-0.15, -0.1) is 0 Å². The summed E-state index contributed by atoms with van der Waals surface area (Å²) in [4.78, 5) is 10.2. The molecule has 108 valence electrons. The second-order valence-corrected chi connectivity index (χ2v) is 5.36. The molecule has 19 heavy (non-hydrogen) atoms. The van der Waals surface area contributed by atoms with Gasteiger partial charge in [-0.25, -0.2) is 0 Å². The van der Waals surface area contributed by atoms with Gasteiger partial charge >= 0.3 is 51.4 Å². The molecule has 0 N–H and O–H groups in total. The standard InChI is InChI=1S/C16H32O2.K/c1-2-3-4-5-6-7-8-9-10-11-12-13-14-15-16(17)18;/h2-15H2,1H3,(H,17,18);/q;+1/p-1/i16+1;. The van der Waals surface area contributed by atoms with Crippen LogP contribution in [-0.4, -0.2) is 5.97 Å². The summed E-state index contributed by atoms with van der Waals surface area (Å²) in [6, 6.07) is 0. The first-order valence-corrected chi connectivity index (χ1v) is 7.97. The van der Waals surface area contributed by atoms with Crippen LogP contribution in [0.5, 0.6) is 0 Å². The number of hydrogen-bond acceptors (Lipinski definition) is 2. The SMILES string of the molecule is CCCCCCCCCCCCCCC[13C](=O)[O-].[K+]. The Labute approximate surface area is 162 Å². The van der Waals surface area contributed by atoms with Gasteiger partial charge in [0.1, 0.15) is 0 Å². The van der Waals surface area contributed by atoms with Crippen LogP contribution in [0.15, 0.2) is 0 Å². The van der Waals surface area contributed by atoms with Crippen LogP contribution in [0, 0.1) is 0 Å².